The zero-order valence-electron chi connectivity index (χ0n) is 13.6. The highest BCUT2D eigenvalue weighted by Crippen LogP contribution is 2.20. The summed E-state index contributed by atoms with van der Waals surface area (Å²) < 4.78 is 2.04. The number of hydrogen-bond acceptors (Lipinski definition) is 3. The average molecular weight is 337 g/mol. The Labute approximate surface area is 145 Å². The van der Waals surface area contributed by atoms with E-state index < -0.39 is 5.97 Å². The van der Waals surface area contributed by atoms with Crippen LogP contribution in [-0.4, -0.2) is 21.5 Å². The summed E-state index contributed by atoms with van der Waals surface area (Å²) >= 11 is 0. The monoisotopic (exact) mass is 337 g/mol. The SMILES string of the molecule is C=C/C=C(\C=C/CC(=O)O)Cn1ccc2cc(C(=N)N=NN)ccc21. The summed E-state index contributed by atoms with van der Waals surface area (Å²) in [4.78, 5) is 10.6. The quantitative estimate of drug-likeness (QED) is 0.179. The molecule has 1 heterocycles. The molecule has 0 saturated carbocycles. The van der Waals surface area contributed by atoms with Crippen LogP contribution in [-0.2, 0) is 11.3 Å². The van der Waals surface area contributed by atoms with Gasteiger partial charge in [0.15, 0.2) is 5.84 Å². The van der Waals surface area contributed by atoms with Crippen molar-refractivity contribution in [2.45, 2.75) is 13.0 Å². The molecule has 0 aliphatic heterocycles. The lowest BCUT2D eigenvalue weighted by molar-refractivity contribution is -0.136. The minimum atomic E-state index is -0.870. The lowest BCUT2D eigenvalue weighted by Gasteiger charge is -2.07. The van der Waals surface area contributed by atoms with E-state index in [9.17, 15) is 4.79 Å². The van der Waals surface area contributed by atoms with E-state index in [0.29, 0.717) is 12.1 Å². The van der Waals surface area contributed by atoms with E-state index in [1.807, 2.05) is 35.0 Å². The highest BCUT2D eigenvalue weighted by molar-refractivity contribution is 6.00. The number of fused-ring (bicyclic) bond motifs is 1. The number of amidine groups is 1. The molecular formula is C18H19N5O2. The Kier molecular flexibility index (Phi) is 6.00. The zero-order valence-corrected chi connectivity index (χ0v) is 13.6. The molecule has 1 aromatic carbocycles. The van der Waals surface area contributed by atoms with Gasteiger partial charge < -0.3 is 15.5 Å². The Bertz CT molecular complexity index is 890. The van der Waals surface area contributed by atoms with Crippen LogP contribution < -0.4 is 5.84 Å². The van der Waals surface area contributed by atoms with Gasteiger partial charge in [-0.25, -0.2) is 0 Å². The maximum atomic E-state index is 10.6. The molecule has 0 aliphatic carbocycles. The van der Waals surface area contributed by atoms with Crippen molar-refractivity contribution in [3.63, 3.8) is 0 Å². The first-order valence-corrected chi connectivity index (χ1v) is 7.54. The molecule has 0 bridgehead atoms. The Morgan fingerprint density at radius 2 is 2.20 bits per heavy atom. The first-order valence-electron chi connectivity index (χ1n) is 7.54. The van der Waals surface area contributed by atoms with Gasteiger partial charge in [-0.05, 0) is 29.8 Å². The number of aliphatic carboxylic acids is 1. The van der Waals surface area contributed by atoms with Crippen molar-refractivity contribution in [1.29, 1.82) is 5.41 Å². The van der Waals surface area contributed by atoms with Gasteiger partial charge in [0.2, 0.25) is 0 Å². The predicted octanol–water partition coefficient (Wildman–Crippen LogP) is 3.44. The highest BCUT2D eigenvalue weighted by atomic mass is 16.4. The summed E-state index contributed by atoms with van der Waals surface area (Å²) in [6, 6.07) is 7.48. The minimum Gasteiger partial charge on any atom is -0.481 e. The van der Waals surface area contributed by atoms with Crippen molar-refractivity contribution in [3.8, 4) is 0 Å². The van der Waals surface area contributed by atoms with Crippen LogP contribution in [0.1, 0.15) is 12.0 Å². The van der Waals surface area contributed by atoms with E-state index in [1.165, 1.54) is 0 Å². The second-order valence-electron chi connectivity index (χ2n) is 5.26. The number of rotatable bonds is 7. The normalized spacial score (nSPS) is 12.2. The van der Waals surface area contributed by atoms with Crippen LogP contribution in [0.15, 0.2) is 77.3 Å². The first kappa shape index (κ1) is 17.9. The number of allylic oxidation sites excluding steroid dienone is 4. The number of carbonyl (C=O) groups is 1. The zero-order chi connectivity index (χ0) is 18.2. The van der Waals surface area contributed by atoms with Crippen LogP contribution in [0.3, 0.4) is 0 Å². The van der Waals surface area contributed by atoms with Crippen LogP contribution in [0.2, 0.25) is 0 Å². The number of carboxylic acids is 1. The molecule has 0 fully saturated rings. The first-order chi connectivity index (χ1) is 12.0. The van der Waals surface area contributed by atoms with Crippen molar-refractivity contribution in [1.82, 2.24) is 4.57 Å². The summed E-state index contributed by atoms with van der Waals surface area (Å²) in [6.07, 6.45) is 8.82. The summed E-state index contributed by atoms with van der Waals surface area (Å²) in [7, 11) is 0. The van der Waals surface area contributed by atoms with Crippen LogP contribution in [0.5, 0.6) is 0 Å². The number of nitrogens with one attached hydrogen (secondary N) is 1. The molecule has 0 radical (unpaired) electrons. The minimum absolute atomic E-state index is 0.000922. The number of nitrogens with zero attached hydrogens (tertiary/aromatic N) is 3. The fraction of sp³-hybridized carbons (Fsp3) is 0.111. The lowest BCUT2D eigenvalue weighted by atomic mass is 10.1. The standard InChI is InChI=1S/C18H19N5O2/c1-2-4-13(5-3-6-17(24)25)12-23-10-9-14-11-15(7-8-16(14)23)18(19)21-22-20/h2-5,7-11H,1,6,12H2,(H,24,25)(H3,19,20,21)/b5-3-,13-4+. The van der Waals surface area contributed by atoms with Gasteiger partial charge in [0.05, 0.1) is 6.42 Å². The van der Waals surface area contributed by atoms with Gasteiger partial charge in [0.1, 0.15) is 0 Å². The Morgan fingerprint density at radius 1 is 1.40 bits per heavy atom. The van der Waals surface area contributed by atoms with Gasteiger partial charge in [-0.1, -0.05) is 36.1 Å². The molecule has 4 N–H and O–H groups in total. The van der Waals surface area contributed by atoms with Gasteiger partial charge in [-0.3, -0.25) is 10.2 Å². The summed E-state index contributed by atoms with van der Waals surface area (Å²) in [5.41, 5.74) is 2.55. The van der Waals surface area contributed by atoms with Gasteiger partial charge >= 0.3 is 5.97 Å². The molecular weight excluding hydrogens is 318 g/mol. The summed E-state index contributed by atoms with van der Waals surface area (Å²) in [5, 5.41) is 24.1. The molecule has 25 heavy (non-hydrogen) atoms. The van der Waals surface area contributed by atoms with Crippen LogP contribution in [0.4, 0.5) is 0 Å². The fourth-order valence-corrected chi connectivity index (χ4v) is 2.42. The second kappa shape index (κ2) is 8.39. The summed E-state index contributed by atoms with van der Waals surface area (Å²) in [5.74, 6) is 4.11. The van der Waals surface area contributed by atoms with E-state index >= 15 is 0 Å². The van der Waals surface area contributed by atoms with E-state index in [2.05, 4.69) is 16.9 Å². The predicted molar refractivity (Wildman–Crippen MR) is 97.5 cm³/mol. The van der Waals surface area contributed by atoms with Crippen LogP contribution in [0.25, 0.3) is 10.9 Å². The fourth-order valence-electron chi connectivity index (χ4n) is 2.42. The maximum absolute atomic E-state index is 10.6. The summed E-state index contributed by atoms with van der Waals surface area (Å²) in [6.45, 7) is 4.27. The van der Waals surface area contributed by atoms with Gasteiger partial charge in [0, 0.05) is 29.2 Å². The molecule has 2 rings (SSSR count). The molecule has 0 spiro atoms. The molecule has 0 amide bonds. The van der Waals surface area contributed by atoms with Gasteiger partial charge in [0.25, 0.3) is 0 Å². The number of nitrogens with two attached hydrogens (primary N) is 1. The topological polar surface area (TPSA) is 117 Å². The number of benzene rings is 1. The van der Waals surface area contributed by atoms with Crippen LogP contribution in [0, 0.1) is 5.41 Å². The van der Waals surface area contributed by atoms with Gasteiger partial charge in [-0.15, -0.1) is 5.11 Å². The Hall–Kier alpha value is -3.48. The number of carboxylic acid groups (broad SMARTS) is 1. The molecule has 0 aliphatic rings. The van der Waals surface area contributed by atoms with E-state index in [4.69, 9.17) is 16.4 Å². The Balaban J connectivity index is 2.27. The lowest BCUT2D eigenvalue weighted by Crippen LogP contribution is -1.99. The highest BCUT2D eigenvalue weighted by Gasteiger charge is 2.06. The van der Waals surface area contributed by atoms with Gasteiger partial charge in [-0.2, -0.15) is 0 Å². The molecule has 7 heteroatoms. The van der Waals surface area contributed by atoms with Crippen molar-refractivity contribution >= 4 is 22.7 Å². The molecule has 7 nitrogen and oxygen atoms in total. The third-order valence-corrected chi connectivity index (χ3v) is 3.51. The number of aromatic nitrogens is 1. The van der Waals surface area contributed by atoms with Crippen LogP contribution >= 0.6 is 0 Å². The van der Waals surface area contributed by atoms with Crippen molar-refractivity contribution < 1.29 is 9.90 Å². The molecule has 0 unspecified atom stereocenters. The smallest absolute Gasteiger partial charge is 0.307 e. The second-order valence-corrected chi connectivity index (χ2v) is 5.26. The maximum Gasteiger partial charge on any atom is 0.307 e. The van der Waals surface area contributed by atoms with E-state index in [1.54, 1.807) is 24.3 Å². The molecule has 0 atom stereocenters. The molecule has 1 aromatic heterocycles. The largest absolute Gasteiger partial charge is 0.481 e. The Morgan fingerprint density at radius 3 is 2.88 bits per heavy atom. The number of hydrogen-bond donors (Lipinski definition) is 3. The van der Waals surface area contributed by atoms with E-state index in [-0.39, 0.29) is 12.3 Å². The molecule has 2 aromatic rings. The molecule has 0 saturated heterocycles. The molecule has 128 valence electrons. The average Bonchev–Trinajstić information content (AvgIpc) is 2.97. The van der Waals surface area contributed by atoms with Crippen molar-refractivity contribution in [3.05, 3.63) is 72.5 Å². The van der Waals surface area contributed by atoms with Crippen molar-refractivity contribution in [2.24, 2.45) is 16.2 Å². The third kappa shape index (κ3) is 4.74. The third-order valence-electron chi connectivity index (χ3n) is 3.51. The van der Waals surface area contributed by atoms with Crippen molar-refractivity contribution in [2.75, 3.05) is 0 Å². The van der Waals surface area contributed by atoms with E-state index in [0.717, 1.165) is 16.5 Å².